The SMILES string of the molecule is O=CNCC1C=CC(C=O)CC1. The minimum atomic E-state index is 0.0949. The molecule has 3 heteroatoms. The average molecular weight is 167 g/mol. The van der Waals surface area contributed by atoms with Gasteiger partial charge in [-0.25, -0.2) is 0 Å². The zero-order chi connectivity index (χ0) is 8.81. The summed E-state index contributed by atoms with van der Waals surface area (Å²) in [4.78, 5) is 20.3. The van der Waals surface area contributed by atoms with E-state index in [9.17, 15) is 9.59 Å². The largest absolute Gasteiger partial charge is 0.358 e. The molecule has 0 spiro atoms. The van der Waals surface area contributed by atoms with Crippen LogP contribution in [0.4, 0.5) is 0 Å². The Morgan fingerprint density at radius 1 is 1.33 bits per heavy atom. The topological polar surface area (TPSA) is 46.2 Å². The van der Waals surface area contributed by atoms with Crippen LogP contribution < -0.4 is 5.32 Å². The maximum atomic E-state index is 10.4. The molecule has 12 heavy (non-hydrogen) atoms. The maximum Gasteiger partial charge on any atom is 0.207 e. The molecule has 0 aromatic rings. The Kier molecular flexibility index (Phi) is 3.51. The monoisotopic (exact) mass is 167 g/mol. The Balaban J connectivity index is 2.31. The van der Waals surface area contributed by atoms with Crippen molar-refractivity contribution < 1.29 is 9.59 Å². The first-order valence-electron chi connectivity index (χ1n) is 4.17. The summed E-state index contributed by atoms with van der Waals surface area (Å²) in [5.41, 5.74) is 0. The highest BCUT2D eigenvalue weighted by Crippen LogP contribution is 2.19. The van der Waals surface area contributed by atoms with E-state index in [-0.39, 0.29) is 5.92 Å². The molecule has 1 aliphatic carbocycles. The molecule has 1 amide bonds. The van der Waals surface area contributed by atoms with Crippen LogP contribution in [0.15, 0.2) is 12.2 Å². The number of rotatable bonds is 4. The van der Waals surface area contributed by atoms with E-state index in [1.165, 1.54) is 0 Å². The van der Waals surface area contributed by atoms with Crippen molar-refractivity contribution in [1.82, 2.24) is 5.32 Å². The Bertz CT molecular complexity index is 189. The number of allylic oxidation sites excluding steroid dienone is 1. The Morgan fingerprint density at radius 2 is 2.17 bits per heavy atom. The number of amides is 1. The highest BCUT2D eigenvalue weighted by Gasteiger charge is 2.13. The molecule has 0 fully saturated rings. The zero-order valence-electron chi connectivity index (χ0n) is 6.90. The molecular formula is C9H13NO2. The fourth-order valence-electron chi connectivity index (χ4n) is 1.38. The normalized spacial score (nSPS) is 28.0. The Hall–Kier alpha value is -1.12. The third-order valence-corrected chi connectivity index (χ3v) is 2.14. The van der Waals surface area contributed by atoms with Gasteiger partial charge in [0, 0.05) is 12.5 Å². The molecule has 0 saturated carbocycles. The standard InChI is InChI=1S/C9H13NO2/c11-6-9-3-1-8(2-4-9)5-10-7-12/h1,3,6-9H,2,4-5H2,(H,10,12). The Morgan fingerprint density at radius 3 is 2.67 bits per heavy atom. The summed E-state index contributed by atoms with van der Waals surface area (Å²) in [6.45, 7) is 0.686. The summed E-state index contributed by atoms with van der Waals surface area (Å²) in [7, 11) is 0. The molecule has 1 N–H and O–H groups in total. The third kappa shape index (κ3) is 2.49. The summed E-state index contributed by atoms with van der Waals surface area (Å²) < 4.78 is 0. The molecule has 0 bridgehead atoms. The highest BCUT2D eigenvalue weighted by molar-refractivity contribution is 5.56. The van der Waals surface area contributed by atoms with Crippen molar-refractivity contribution in [2.75, 3.05) is 6.54 Å². The van der Waals surface area contributed by atoms with Crippen molar-refractivity contribution in [2.45, 2.75) is 12.8 Å². The van der Waals surface area contributed by atoms with E-state index in [1.807, 2.05) is 12.2 Å². The summed E-state index contributed by atoms with van der Waals surface area (Å²) >= 11 is 0. The number of carbonyl (C=O) groups is 2. The van der Waals surface area contributed by atoms with Gasteiger partial charge < -0.3 is 10.1 Å². The molecule has 2 unspecified atom stereocenters. The van der Waals surface area contributed by atoms with Gasteiger partial charge in [-0.1, -0.05) is 12.2 Å². The van der Waals surface area contributed by atoms with Crippen LogP contribution in [-0.4, -0.2) is 19.2 Å². The minimum Gasteiger partial charge on any atom is -0.358 e. The van der Waals surface area contributed by atoms with Gasteiger partial charge in [0.25, 0.3) is 0 Å². The quantitative estimate of drug-likeness (QED) is 0.490. The van der Waals surface area contributed by atoms with Gasteiger partial charge in [0.05, 0.1) is 0 Å². The number of carbonyl (C=O) groups excluding carboxylic acids is 2. The summed E-state index contributed by atoms with van der Waals surface area (Å²) in [6, 6.07) is 0. The van der Waals surface area contributed by atoms with Crippen LogP contribution in [0.25, 0.3) is 0 Å². The number of nitrogens with one attached hydrogen (secondary N) is 1. The van der Waals surface area contributed by atoms with E-state index < -0.39 is 0 Å². The molecule has 0 aromatic heterocycles. The second-order valence-corrected chi connectivity index (χ2v) is 3.05. The second-order valence-electron chi connectivity index (χ2n) is 3.05. The van der Waals surface area contributed by atoms with Gasteiger partial charge in [-0.15, -0.1) is 0 Å². The van der Waals surface area contributed by atoms with Gasteiger partial charge >= 0.3 is 0 Å². The molecule has 0 radical (unpaired) electrons. The van der Waals surface area contributed by atoms with Crippen LogP contribution in [0.5, 0.6) is 0 Å². The molecule has 0 saturated heterocycles. The zero-order valence-corrected chi connectivity index (χ0v) is 6.90. The van der Waals surface area contributed by atoms with E-state index >= 15 is 0 Å². The van der Waals surface area contributed by atoms with Gasteiger partial charge in [0.2, 0.25) is 6.41 Å². The average Bonchev–Trinajstić information content (AvgIpc) is 2.15. The maximum absolute atomic E-state index is 10.4. The van der Waals surface area contributed by atoms with Crippen molar-refractivity contribution in [2.24, 2.45) is 11.8 Å². The lowest BCUT2D eigenvalue weighted by Crippen LogP contribution is -2.22. The lowest BCUT2D eigenvalue weighted by Gasteiger charge is -2.18. The molecule has 66 valence electrons. The van der Waals surface area contributed by atoms with Crippen LogP contribution in [0.2, 0.25) is 0 Å². The van der Waals surface area contributed by atoms with Gasteiger partial charge in [-0.2, -0.15) is 0 Å². The van der Waals surface area contributed by atoms with Crippen LogP contribution in [0.1, 0.15) is 12.8 Å². The van der Waals surface area contributed by atoms with Crippen LogP contribution in [-0.2, 0) is 9.59 Å². The predicted octanol–water partition coefficient (Wildman–Crippen LogP) is 0.514. The fourth-order valence-corrected chi connectivity index (χ4v) is 1.38. The van der Waals surface area contributed by atoms with E-state index in [1.54, 1.807) is 0 Å². The number of hydrogen-bond acceptors (Lipinski definition) is 2. The van der Waals surface area contributed by atoms with Gasteiger partial charge in [0.1, 0.15) is 6.29 Å². The van der Waals surface area contributed by atoms with Crippen molar-refractivity contribution in [3.05, 3.63) is 12.2 Å². The third-order valence-electron chi connectivity index (χ3n) is 2.14. The predicted molar refractivity (Wildman–Crippen MR) is 45.5 cm³/mol. The molecule has 2 atom stereocenters. The fraction of sp³-hybridized carbons (Fsp3) is 0.556. The summed E-state index contributed by atoms with van der Waals surface area (Å²) in [6.07, 6.45) is 7.51. The van der Waals surface area contributed by atoms with E-state index in [4.69, 9.17) is 0 Å². The van der Waals surface area contributed by atoms with E-state index in [0.29, 0.717) is 18.9 Å². The second kappa shape index (κ2) is 4.70. The number of aldehydes is 1. The van der Waals surface area contributed by atoms with Crippen LogP contribution in [0.3, 0.4) is 0 Å². The number of hydrogen-bond donors (Lipinski definition) is 1. The molecule has 3 nitrogen and oxygen atoms in total. The molecular weight excluding hydrogens is 154 g/mol. The minimum absolute atomic E-state index is 0.0949. The Labute approximate surface area is 71.8 Å². The molecule has 0 heterocycles. The van der Waals surface area contributed by atoms with Crippen molar-refractivity contribution >= 4 is 12.7 Å². The van der Waals surface area contributed by atoms with Crippen LogP contribution >= 0.6 is 0 Å². The van der Waals surface area contributed by atoms with Crippen molar-refractivity contribution in [3.8, 4) is 0 Å². The first-order valence-corrected chi connectivity index (χ1v) is 4.17. The first kappa shape index (κ1) is 8.97. The van der Waals surface area contributed by atoms with Crippen molar-refractivity contribution in [3.63, 3.8) is 0 Å². The molecule has 1 aliphatic rings. The highest BCUT2D eigenvalue weighted by atomic mass is 16.1. The summed E-state index contributed by atoms with van der Waals surface area (Å²) in [5, 5.41) is 2.63. The van der Waals surface area contributed by atoms with Gasteiger partial charge in [0.15, 0.2) is 0 Å². The summed E-state index contributed by atoms with van der Waals surface area (Å²) in [5.74, 6) is 0.504. The van der Waals surface area contributed by atoms with E-state index in [2.05, 4.69) is 5.32 Å². The molecule has 0 aliphatic heterocycles. The van der Waals surface area contributed by atoms with Crippen molar-refractivity contribution in [1.29, 1.82) is 0 Å². The van der Waals surface area contributed by atoms with Gasteiger partial charge in [-0.3, -0.25) is 4.79 Å². The van der Waals surface area contributed by atoms with E-state index in [0.717, 1.165) is 19.1 Å². The molecule has 0 aromatic carbocycles. The lowest BCUT2D eigenvalue weighted by atomic mass is 9.89. The van der Waals surface area contributed by atoms with Gasteiger partial charge in [-0.05, 0) is 18.8 Å². The first-order chi connectivity index (χ1) is 5.86. The van der Waals surface area contributed by atoms with Crippen LogP contribution in [0, 0.1) is 11.8 Å². The smallest absolute Gasteiger partial charge is 0.207 e. The lowest BCUT2D eigenvalue weighted by molar-refractivity contribution is -0.111. The molecule has 1 rings (SSSR count).